The molecule has 0 spiro atoms. The molecule has 24 heavy (non-hydrogen) atoms. The molecule has 0 amide bonds. The van der Waals surface area contributed by atoms with Gasteiger partial charge in [-0.3, -0.25) is 9.20 Å². The maximum Gasteiger partial charge on any atom is 0.258 e. The van der Waals surface area contributed by atoms with E-state index in [1.54, 1.807) is 10.5 Å². The van der Waals surface area contributed by atoms with Gasteiger partial charge in [0.25, 0.3) is 5.56 Å². The maximum absolute atomic E-state index is 12.3. The molecule has 0 saturated carbocycles. The first kappa shape index (κ1) is 16.6. The zero-order chi connectivity index (χ0) is 17.1. The van der Waals surface area contributed by atoms with E-state index in [9.17, 15) is 4.79 Å². The topological polar surface area (TPSA) is 73.0 Å². The van der Waals surface area contributed by atoms with Gasteiger partial charge < -0.3 is 0 Å². The summed E-state index contributed by atoms with van der Waals surface area (Å²) in [6.45, 7) is 6.00. The number of nitrogens with zero attached hydrogens (tertiary/aromatic N) is 5. The number of fused-ring (bicyclic) bond motifs is 1. The number of hydrogen-bond donors (Lipinski definition) is 0. The summed E-state index contributed by atoms with van der Waals surface area (Å²) in [5.41, 5.74) is 4.11. The highest BCUT2D eigenvalue weighted by Crippen LogP contribution is 2.18. The molecule has 124 valence electrons. The molecule has 0 radical (unpaired) electrons. The van der Waals surface area contributed by atoms with Crippen molar-refractivity contribution in [3.63, 3.8) is 0 Å². The van der Waals surface area contributed by atoms with Crippen LogP contribution in [0.1, 0.15) is 36.6 Å². The van der Waals surface area contributed by atoms with E-state index in [0.29, 0.717) is 16.6 Å². The van der Waals surface area contributed by atoms with Crippen molar-refractivity contribution in [1.82, 2.24) is 24.6 Å². The molecule has 3 aromatic rings. The number of pyridine rings is 1. The minimum atomic E-state index is -0.0664. The monoisotopic (exact) mass is 341 g/mol. The molecule has 3 heterocycles. The van der Waals surface area contributed by atoms with Crippen molar-refractivity contribution in [2.75, 3.05) is 0 Å². The first-order chi connectivity index (χ1) is 11.6. The van der Waals surface area contributed by atoms with Crippen LogP contribution < -0.4 is 5.56 Å². The Balaban J connectivity index is 1.85. The number of aryl methyl sites for hydroxylation is 3. The van der Waals surface area contributed by atoms with E-state index in [1.807, 2.05) is 32.0 Å². The van der Waals surface area contributed by atoms with Gasteiger partial charge in [-0.05, 0) is 31.9 Å². The molecule has 0 aromatic carbocycles. The molecule has 0 aliphatic carbocycles. The molecule has 7 heteroatoms. The smallest absolute Gasteiger partial charge is 0.258 e. The Morgan fingerprint density at radius 3 is 2.62 bits per heavy atom. The van der Waals surface area contributed by atoms with Gasteiger partial charge in [0.1, 0.15) is 5.65 Å². The number of hydrogen-bond acceptors (Lipinski definition) is 6. The van der Waals surface area contributed by atoms with Gasteiger partial charge in [-0.25, -0.2) is 9.97 Å². The van der Waals surface area contributed by atoms with Gasteiger partial charge in [0.15, 0.2) is 0 Å². The molecular formula is C17H19N5OS. The van der Waals surface area contributed by atoms with E-state index < -0.39 is 0 Å². The van der Waals surface area contributed by atoms with E-state index in [0.717, 1.165) is 35.6 Å². The van der Waals surface area contributed by atoms with E-state index in [-0.39, 0.29) is 5.56 Å². The van der Waals surface area contributed by atoms with Crippen LogP contribution in [0.4, 0.5) is 0 Å². The first-order valence-electron chi connectivity index (χ1n) is 7.96. The SMILES string of the molecule is CCc1nnc(SCc2cc(=O)n3c(C)cccc3n2)nc1CC. The highest BCUT2D eigenvalue weighted by Gasteiger charge is 2.09. The van der Waals surface area contributed by atoms with Gasteiger partial charge in [-0.1, -0.05) is 31.7 Å². The lowest BCUT2D eigenvalue weighted by molar-refractivity contribution is 0.744. The van der Waals surface area contributed by atoms with Gasteiger partial charge >= 0.3 is 0 Å². The number of thioether (sulfide) groups is 1. The standard InChI is InChI=1S/C17H19N5OS/c1-4-13-14(5-2)20-21-17(19-13)24-10-12-9-16(23)22-11(3)7-6-8-15(22)18-12/h6-9H,4-5,10H2,1-3H3. The molecule has 0 aliphatic rings. The third-order valence-corrected chi connectivity index (χ3v) is 4.64. The predicted molar refractivity (Wildman–Crippen MR) is 94.3 cm³/mol. The van der Waals surface area contributed by atoms with Gasteiger partial charge in [0.2, 0.25) is 5.16 Å². The Labute approximate surface area is 144 Å². The van der Waals surface area contributed by atoms with Crippen molar-refractivity contribution in [2.24, 2.45) is 0 Å². The summed E-state index contributed by atoms with van der Waals surface area (Å²) in [6.07, 6.45) is 1.66. The minimum Gasteiger partial charge on any atom is -0.269 e. The van der Waals surface area contributed by atoms with Crippen LogP contribution in [0.5, 0.6) is 0 Å². The summed E-state index contributed by atoms with van der Waals surface area (Å²) >= 11 is 1.45. The lowest BCUT2D eigenvalue weighted by atomic mass is 10.2. The molecule has 0 saturated heterocycles. The molecule has 0 unspecified atom stereocenters. The normalized spacial score (nSPS) is 11.1. The predicted octanol–water partition coefficient (Wildman–Crippen LogP) is 2.61. The van der Waals surface area contributed by atoms with Crippen LogP contribution in [-0.2, 0) is 18.6 Å². The van der Waals surface area contributed by atoms with Crippen molar-refractivity contribution in [2.45, 2.75) is 44.5 Å². The summed E-state index contributed by atoms with van der Waals surface area (Å²) < 4.78 is 1.61. The molecule has 3 aromatic heterocycles. The van der Waals surface area contributed by atoms with Crippen molar-refractivity contribution in [3.8, 4) is 0 Å². The Morgan fingerprint density at radius 2 is 1.88 bits per heavy atom. The van der Waals surface area contributed by atoms with Gasteiger partial charge in [0.05, 0.1) is 17.1 Å². The summed E-state index contributed by atoms with van der Waals surface area (Å²) in [6, 6.07) is 7.21. The van der Waals surface area contributed by atoms with Crippen LogP contribution >= 0.6 is 11.8 Å². The highest BCUT2D eigenvalue weighted by molar-refractivity contribution is 7.98. The van der Waals surface area contributed by atoms with Crippen LogP contribution in [0, 0.1) is 6.92 Å². The van der Waals surface area contributed by atoms with E-state index >= 15 is 0 Å². The molecule has 6 nitrogen and oxygen atoms in total. The molecule has 0 bridgehead atoms. The molecule has 0 N–H and O–H groups in total. The summed E-state index contributed by atoms with van der Waals surface area (Å²) in [4.78, 5) is 21.4. The van der Waals surface area contributed by atoms with Gasteiger partial charge in [0, 0.05) is 17.5 Å². The van der Waals surface area contributed by atoms with Crippen LogP contribution in [0.15, 0.2) is 34.2 Å². The van der Waals surface area contributed by atoms with E-state index in [4.69, 9.17) is 0 Å². The molecule has 0 aliphatic heterocycles. The zero-order valence-electron chi connectivity index (χ0n) is 14.0. The largest absolute Gasteiger partial charge is 0.269 e. The molecular weight excluding hydrogens is 322 g/mol. The van der Waals surface area contributed by atoms with Crippen LogP contribution in [0.3, 0.4) is 0 Å². The summed E-state index contributed by atoms with van der Waals surface area (Å²) in [5, 5.41) is 9.02. The third-order valence-electron chi connectivity index (χ3n) is 3.77. The number of rotatable bonds is 5. The first-order valence-corrected chi connectivity index (χ1v) is 8.94. The lowest BCUT2D eigenvalue weighted by Crippen LogP contribution is -2.17. The Hall–Kier alpha value is -2.28. The van der Waals surface area contributed by atoms with Crippen molar-refractivity contribution in [1.29, 1.82) is 0 Å². The Kier molecular flexibility index (Phi) is 4.89. The second kappa shape index (κ2) is 7.09. The fourth-order valence-corrected chi connectivity index (χ4v) is 3.26. The zero-order valence-corrected chi connectivity index (χ0v) is 14.8. The average Bonchev–Trinajstić information content (AvgIpc) is 2.59. The molecule has 0 atom stereocenters. The van der Waals surface area contributed by atoms with Crippen molar-refractivity contribution >= 4 is 17.4 Å². The fourth-order valence-electron chi connectivity index (χ4n) is 2.56. The van der Waals surface area contributed by atoms with E-state index in [1.165, 1.54) is 11.8 Å². The summed E-state index contributed by atoms with van der Waals surface area (Å²) in [5.74, 6) is 0.538. The third kappa shape index (κ3) is 3.31. The highest BCUT2D eigenvalue weighted by atomic mass is 32.2. The Bertz CT molecular complexity index is 938. The average molecular weight is 341 g/mol. The van der Waals surface area contributed by atoms with Crippen LogP contribution in [-0.4, -0.2) is 24.6 Å². The van der Waals surface area contributed by atoms with Crippen molar-refractivity contribution in [3.05, 3.63) is 57.4 Å². The molecule has 3 rings (SSSR count). The quantitative estimate of drug-likeness (QED) is 0.664. The second-order valence-electron chi connectivity index (χ2n) is 5.43. The molecule has 0 fully saturated rings. The number of aromatic nitrogens is 5. The maximum atomic E-state index is 12.3. The van der Waals surface area contributed by atoms with Gasteiger partial charge in [-0.2, -0.15) is 5.10 Å². The second-order valence-corrected chi connectivity index (χ2v) is 6.37. The summed E-state index contributed by atoms with van der Waals surface area (Å²) in [7, 11) is 0. The van der Waals surface area contributed by atoms with Gasteiger partial charge in [-0.15, -0.1) is 5.10 Å². The minimum absolute atomic E-state index is 0.0664. The van der Waals surface area contributed by atoms with Crippen LogP contribution in [0.25, 0.3) is 5.65 Å². The van der Waals surface area contributed by atoms with Crippen LogP contribution in [0.2, 0.25) is 0 Å². The fraction of sp³-hybridized carbons (Fsp3) is 0.353. The lowest BCUT2D eigenvalue weighted by Gasteiger charge is -2.07. The van der Waals surface area contributed by atoms with Crippen molar-refractivity contribution < 1.29 is 0 Å². The Morgan fingerprint density at radius 1 is 1.08 bits per heavy atom. The van der Waals surface area contributed by atoms with E-state index in [2.05, 4.69) is 27.1 Å².